The molecule has 7 nitrogen and oxygen atoms in total. The van der Waals surface area contributed by atoms with E-state index in [0.717, 1.165) is 24.8 Å². The van der Waals surface area contributed by atoms with E-state index < -0.39 is 0 Å². The molecule has 3 aromatic rings. The van der Waals surface area contributed by atoms with E-state index in [1.165, 1.54) is 10.3 Å². The van der Waals surface area contributed by atoms with Crippen LogP contribution in [0.4, 0.5) is 0 Å². The maximum atomic E-state index is 12.8. The fourth-order valence-corrected chi connectivity index (χ4v) is 4.06. The van der Waals surface area contributed by atoms with Gasteiger partial charge in [0.2, 0.25) is 0 Å². The van der Waals surface area contributed by atoms with Crippen LogP contribution in [-0.4, -0.2) is 25.2 Å². The van der Waals surface area contributed by atoms with Crippen LogP contribution < -0.4 is 10.9 Å². The van der Waals surface area contributed by atoms with Gasteiger partial charge in [-0.25, -0.2) is 0 Å². The molecule has 1 atom stereocenters. The van der Waals surface area contributed by atoms with Gasteiger partial charge < -0.3 is 10.3 Å². The van der Waals surface area contributed by atoms with Crippen molar-refractivity contribution < 1.29 is 4.79 Å². The SMILES string of the molecule is C=CCn1c(=S)[nH]c2cc(C(=O)N[C@H]3CCCc4c3cnn4C)ccc2c1=O. The molecule has 0 aliphatic heterocycles. The van der Waals surface area contributed by atoms with Crippen molar-refractivity contribution in [3.8, 4) is 0 Å². The van der Waals surface area contributed by atoms with Crippen molar-refractivity contribution in [3.63, 3.8) is 0 Å². The summed E-state index contributed by atoms with van der Waals surface area (Å²) in [7, 11) is 1.92. The molecule has 2 N–H and O–H groups in total. The van der Waals surface area contributed by atoms with Crippen molar-refractivity contribution in [1.82, 2.24) is 24.6 Å². The zero-order valence-corrected chi connectivity index (χ0v) is 16.4. The minimum absolute atomic E-state index is 0.0558. The summed E-state index contributed by atoms with van der Waals surface area (Å²) in [6.07, 6.45) is 6.31. The second-order valence-electron chi connectivity index (χ2n) is 6.98. The molecule has 0 unspecified atom stereocenters. The molecule has 2 aromatic heterocycles. The first-order valence-corrected chi connectivity index (χ1v) is 9.60. The average Bonchev–Trinajstić information content (AvgIpc) is 3.07. The molecule has 0 spiro atoms. The number of carbonyl (C=O) groups excluding carboxylic acids is 1. The number of allylic oxidation sites excluding steroid dienone is 1. The summed E-state index contributed by atoms with van der Waals surface area (Å²) < 4.78 is 3.62. The first-order valence-electron chi connectivity index (χ1n) is 9.19. The molecule has 1 aromatic carbocycles. The predicted octanol–water partition coefficient (Wildman–Crippen LogP) is 2.79. The van der Waals surface area contributed by atoms with Crippen LogP contribution in [0.25, 0.3) is 10.9 Å². The van der Waals surface area contributed by atoms with Crippen molar-refractivity contribution in [2.45, 2.75) is 31.8 Å². The van der Waals surface area contributed by atoms with Gasteiger partial charge in [0.1, 0.15) is 0 Å². The van der Waals surface area contributed by atoms with Crippen molar-refractivity contribution >= 4 is 29.0 Å². The highest BCUT2D eigenvalue weighted by atomic mass is 32.1. The summed E-state index contributed by atoms with van der Waals surface area (Å²) in [5.41, 5.74) is 3.08. The van der Waals surface area contributed by atoms with E-state index in [2.05, 4.69) is 22.0 Å². The van der Waals surface area contributed by atoms with Crippen molar-refractivity contribution in [2.75, 3.05) is 0 Å². The lowest BCUT2D eigenvalue weighted by atomic mass is 9.92. The fourth-order valence-electron chi connectivity index (χ4n) is 3.79. The molecular weight excluding hydrogens is 374 g/mol. The molecule has 0 saturated carbocycles. The third kappa shape index (κ3) is 3.09. The molecule has 4 rings (SSSR count). The number of rotatable bonds is 4. The Labute approximate surface area is 166 Å². The van der Waals surface area contributed by atoms with Gasteiger partial charge in [0, 0.05) is 30.4 Å². The molecule has 0 fully saturated rings. The van der Waals surface area contributed by atoms with E-state index in [1.54, 1.807) is 24.3 Å². The Balaban J connectivity index is 1.65. The van der Waals surface area contributed by atoms with E-state index in [4.69, 9.17) is 12.2 Å². The highest BCUT2D eigenvalue weighted by Gasteiger charge is 2.25. The normalized spacial score (nSPS) is 16.0. The molecule has 1 amide bonds. The first kappa shape index (κ1) is 18.4. The number of nitrogens with one attached hydrogen (secondary N) is 2. The minimum atomic E-state index is -0.196. The van der Waals surface area contributed by atoms with E-state index in [0.29, 0.717) is 27.8 Å². The van der Waals surface area contributed by atoms with Crippen LogP contribution in [0.2, 0.25) is 0 Å². The number of H-pyrrole nitrogens is 1. The number of fused-ring (bicyclic) bond motifs is 2. The van der Waals surface area contributed by atoms with E-state index >= 15 is 0 Å². The summed E-state index contributed by atoms with van der Waals surface area (Å²) in [6, 6.07) is 4.95. The van der Waals surface area contributed by atoms with Crippen LogP contribution in [0, 0.1) is 4.77 Å². The van der Waals surface area contributed by atoms with Gasteiger partial charge in [0.15, 0.2) is 4.77 Å². The van der Waals surface area contributed by atoms with Crippen LogP contribution in [0.5, 0.6) is 0 Å². The van der Waals surface area contributed by atoms with Crippen molar-refractivity contribution in [3.05, 3.63) is 69.0 Å². The zero-order chi connectivity index (χ0) is 19.8. The Morgan fingerprint density at radius 2 is 2.32 bits per heavy atom. The number of benzene rings is 1. The van der Waals surface area contributed by atoms with Crippen LogP contribution >= 0.6 is 12.2 Å². The molecule has 1 aliphatic rings. The van der Waals surface area contributed by atoms with Crippen LogP contribution in [0.1, 0.15) is 40.5 Å². The quantitative estimate of drug-likeness (QED) is 0.526. The standard InChI is InChI=1S/C20H21N5O2S/c1-3-9-25-19(27)13-8-7-12(10-16(13)23-20(25)28)18(26)22-15-5-4-6-17-14(15)11-21-24(17)2/h3,7-8,10-11,15H,1,4-6,9H2,2H3,(H,22,26)(H,23,28)/t15-/m0/s1. The Morgan fingerprint density at radius 1 is 1.50 bits per heavy atom. The van der Waals surface area contributed by atoms with Crippen LogP contribution in [0.15, 0.2) is 41.8 Å². The summed E-state index contributed by atoms with van der Waals surface area (Å²) in [5, 5.41) is 7.90. The van der Waals surface area contributed by atoms with Gasteiger partial charge in [-0.1, -0.05) is 6.08 Å². The third-order valence-corrected chi connectivity index (χ3v) is 5.56. The number of aromatic amines is 1. The van der Waals surface area contributed by atoms with E-state index in [-0.39, 0.29) is 17.5 Å². The number of amides is 1. The second kappa shape index (κ2) is 7.20. The fraction of sp³-hybridized carbons (Fsp3) is 0.300. The van der Waals surface area contributed by atoms with Gasteiger partial charge in [-0.15, -0.1) is 6.58 Å². The molecule has 28 heavy (non-hydrogen) atoms. The van der Waals surface area contributed by atoms with Gasteiger partial charge >= 0.3 is 0 Å². The molecule has 144 valence electrons. The first-order chi connectivity index (χ1) is 13.5. The third-order valence-electron chi connectivity index (χ3n) is 5.24. The lowest BCUT2D eigenvalue weighted by molar-refractivity contribution is 0.0932. The summed E-state index contributed by atoms with van der Waals surface area (Å²) >= 11 is 5.27. The van der Waals surface area contributed by atoms with Crippen LogP contribution in [0.3, 0.4) is 0 Å². The Kier molecular flexibility index (Phi) is 4.72. The molecule has 0 radical (unpaired) electrons. The Morgan fingerprint density at radius 3 is 3.11 bits per heavy atom. The maximum Gasteiger partial charge on any atom is 0.262 e. The second-order valence-corrected chi connectivity index (χ2v) is 7.37. The van der Waals surface area contributed by atoms with Gasteiger partial charge in [-0.3, -0.25) is 18.8 Å². The highest BCUT2D eigenvalue weighted by molar-refractivity contribution is 7.71. The highest BCUT2D eigenvalue weighted by Crippen LogP contribution is 2.29. The van der Waals surface area contributed by atoms with Gasteiger partial charge in [0.05, 0.1) is 23.1 Å². The number of hydrogen-bond acceptors (Lipinski definition) is 4. The monoisotopic (exact) mass is 395 g/mol. The zero-order valence-electron chi connectivity index (χ0n) is 15.6. The molecule has 8 heteroatoms. The number of nitrogens with zero attached hydrogens (tertiary/aromatic N) is 3. The molecular formula is C20H21N5O2S. The number of hydrogen-bond donors (Lipinski definition) is 2. The van der Waals surface area contributed by atoms with E-state index in [1.807, 2.05) is 17.9 Å². The number of aromatic nitrogens is 4. The predicted molar refractivity (Wildman–Crippen MR) is 110 cm³/mol. The maximum absolute atomic E-state index is 12.8. The van der Waals surface area contributed by atoms with Crippen molar-refractivity contribution in [1.29, 1.82) is 0 Å². The van der Waals surface area contributed by atoms with Crippen molar-refractivity contribution in [2.24, 2.45) is 7.05 Å². The molecule has 0 saturated heterocycles. The minimum Gasteiger partial charge on any atom is -0.345 e. The largest absolute Gasteiger partial charge is 0.345 e. The molecule has 1 aliphatic carbocycles. The van der Waals surface area contributed by atoms with Gasteiger partial charge in [-0.2, -0.15) is 5.10 Å². The Hall–Kier alpha value is -3.00. The number of aryl methyl sites for hydroxylation is 1. The van der Waals surface area contributed by atoms with Gasteiger partial charge in [0.25, 0.3) is 11.5 Å². The van der Waals surface area contributed by atoms with Crippen LogP contribution in [-0.2, 0) is 20.0 Å². The average molecular weight is 395 g/mol. The van der Waals surface area contributed by atoms with E-state index in [9.17, 15) is 9.59 Å². The lowest BCUT2D eigenvalue weighted by Gasteiger charge is -2.23. The topological polar surface area (TPSA) is 84.7 Å². The Bertz CT molecular complexity index is 1200. The summed E-state index contributed by atoms with van der Waals surface area (Å²) in [6.45, 7) is 3.98. The summed E-state index contributed by atoms with van der Waals surface area (Å²) in [5.74, 6) is -0.182. The smallest absolute Gasteiger partial charge is 0.262 e. The summed E-state index contributed by atoms with van der Waals surface area (Å²) in [4.78, 5) is 28.5. The molecule has 0 bridgehead atoms. The van der Waals surface area contributed by atoms with Gasteiger partial charge in [-0.05, 0) is 49.7 Å². The number of carbonyl (C=O) groups is 1. The molecule has 2 heterocycles. The lowest BCUT2D eigenvalue weighted by Crippen LogP contribution is -2.31.